The van der Waals surface area contributed by atoms with Crippen molar-refractivity contribution in [2.45, 2.75) is 45.6 Å². The lowest BCUT2D eigenvalue weighted by atomic mass is 9.82. The molecule has 0 spiro atoms. The van der Waals surface area contributed by atoms with Gasteiger partial charge in [-0.2, -0.15) is 0 Å². The molecule has 102 valence electrons. The fourth-order valence-electron chi connectivity index (χ4n) is 2.06. The number of nitrogens with two attached hydrogens (primary N) is 1. The molecule has 0 aliphatic rings. The molecule has 3 heteroatoms. The van der Waals surface area contributed by atoms with Crippen LogP contribution in [0.15, 0.2) is 24.3 Å². The van der Waals surface area contributed by atoms with Crippen LogP contribution in [0, 0.1) is 0 Å². The Morgan fingerprint density at radius 1 is 1.28 bits per heavy atom. The zero-order valence-electron chi connectivity index (χ0n) is 12.0. The summed E-state index contributed by atoms with van der Waals surface area (Å²) in [6.07, 6.45) is 1.03. The summed E-state index contributed by atoms with van der Waals surface area (Å²) in [5.74, 6) is 5.67. The first kappa shape index (κ1) is 15.2. The third kappa shape index (κ3) is 4.09. The van der Waals surface area contributed by atoms with Crippen LogP contribution in [0.25, 0.3) is 0 Å². The van der Waals surface area contributed by atoms with Crippen LogP contribution in [0.2, 0.25) is 0 Å². The summed E-state index contributed by atoms with van der Waals surface area (Å²) in [5.41, 5.74) is 5.51. The summed E-state index contributed by atoms with van der Waals surface area (Å²) in [6, 6.07) is 8.46. The molecular weight excluding hydrogens is 224 g/mol. The van der Waals surface area contributed by atoms with Crippen molar-refractivity contribution in [3.8, 4) is 0 Å². The highest BCUT2D eigenvalue weighted by molar-refractivity contribution is 5.35. The van der Waals surface area contributed by atoms with Gasteiger partial charge in [-0.1, -0.05) is 52.0 Å². The number of hydrogen-bond donors (Lipinski definition) is 2. The summed E-state index contributed by atoms with van der Waals surface area (Å²) in [4.78, 5) is 0. The molecule has 0 heterocycles. The quantitative estimate of drug-likeness (QED) is 0.463. The Labute approximate surface area is 111 Å². The van der Waals surface area contributed by atoms with Crippen molar-refractivity contribution in [3.63, 3.8) is 0 Å². The molecule has 18 heavy (non-hydrogen) atoms. The van der Waals surface area contributed by atoms with Crippen molar-refractivity contribution in [2.75, 3.05) is 13.2 Å². The van der Waals surface area contributed by atoms with Crippen LogP contribution >= 0.6 is 0 Å². The Bertz CT molecular complexity index is 358. The highest BCUT2D eigenvalue weighted by atomic mass is 16.5. The van der Waals surface area contributed by atoms with Gasteiger partial charge in [-0.25, -0.2) is 0 Å². The number of benzene rings is 1. The van der Waals surface area contributed by atoms with Crippen LogP contribution in [0.1, 0.15) is 51.3 Å². The molecular formula is C15H26N2O. The van der Waals surface area contributed by atoms with Gasteiger partial charge in [0.25, 0.3) is 0 Å². The van der Waals surface area contributed by atoms with Crippen LogP contribution in [0.4, 0.5) is 0 Å². The highest BCUT2D eigenvalue weighted by Crippen LogP contribution is 2.29. The van der Waals surface area contributed by atoms with E-state index in [2.05, 4.69) is 57.4 Å². The van der Waals surface area contributed by atoms with E-state index in [0.717, 1.165) is 13.0 Å². The number of hydrogen-bond acceptors (Lipinski definition) is 3. The molecule has 1 atom stereocenters. The SMILES string of the molecule is CCCOCC(NN)c1ccccc1C(C)(C)C. The minimum atomic E-state index is 0.0481. The molecule has 0 bridgehead atoms. The van der Waals surface area contributed by atoms with E-state index in [1.165, 1.54) is 11.1 Å². The first-order valence-electron chi connectivity index (χ1n) is 6.64. The van der Waals surface area contributed by atoms with Crippen LogP contribution in [-0.2, 0) is 10.2 Å². The second-order valence-corrected chi connectivity index (χ2v) is 5.63. The molecule has 0 aromatic heterocycles. The van der Waals surface area contributed by atoms with E-state index in [1.54, 1.807) is 0 Å². The molecule has 3 N–H and O–H groups in total. The summed E-state index contributed by atoms with van der Waals surface area (Å²) in [7, 11) is 0. The molecule has 0 aliphatic heterocycles. The third-order valence-electron chi connectivity index (χ3n) is 2.98. The predicted octanol–water partition coefficient (Wildman–Crippen LogP) is 2.92. The molecule has 0 aliphatic carbocycles. The van der Waals surface area contributed by atoms with E-state index in [9.17, 15) is 0 Å². The Hall–Kier alpha value is -0.900. The summed E-state index contributed by atoms with van der Waals surface area (Å²) in [5, 5.41) is 0. The maximum absolute atomic E-state index is 5.67. The molecule has 1 aromatic carbocycles. The fraction of sp³-hybridized carbons (Fsp3) is 0.600. The molecule has 1 rings (SSSR count). The van der Waals surface area contributed by atoms with Gasteiger partial charge in [0, 0.05) is 6.61 Å². The number of rotatable bonds is 6. The van der Waals surface area contributed by atoms with E-state index in [0.29, 0.717) is 6.61 Å². The maximum atomic E-state index is 5.67. The Kier molecular flexibility index (Phi) is 5.79. The van der Waals surface area contributed by atoms with Crippen molar-refractivity contribution in [1.29, 1.82) is 0 Å². The molecule has 3 nitrogen and oxygen atoms in total. The van der Waals surface area contributed by atoms with E-state index in [4.69, 9.17) is 10.6 Å². The second-order valence-electron chi connectivity index (χ2n) is 5.63. The molecule has 1 aromatic rings. The monoisotopic (exact) mass is 250 g/mol. The van der Waals surface area contributed by atoms with Gasteiger partial charge in [0.2, 0.25) is 0 Å². The zero-order valence-corrected chi connectivity index (χ0v) is 12.0. The Balaban J connectivity index is 2.91. The summed E-state index contributed by atoms with van der Waals surface area (Å²) < 4.78 is 5.62. The van der Waals surface area contributed by atoms with Gasteiger partial charge < -0.3 is 4.74 Å². The molecule has 0 radical (unpaired) electrons. The number of ether oxygens (including phenoxy) is 1. The molecule has 0 saturated heterocycles. The molecule has 0 saturated carbocycles. The van der Waals surface area contributed by atoms with Crippen LogP contribution in [0.3, 0.4) is 0 Å². The minimum absolute atomic E-state index is 0.0481. The lowest BCUT2D eigenvalue weighted by molar-refractivity contribution is 0.111. The average molecular weight is 250 g/mol. The summed E-state index contributed by atoms with van der Waals surface area (Å²) >= 11 is 0. The van der Waals surface area contributed by atoms with Gasteiger partial charge in [0.15, 0.2) is 0 Å². The van der Waals surface area contributed by atoms with E-state index < -0.39 is 0 Å². The largest absolute Gasteiger partial charge is 0.379 e. The minimum Gasteiger partial charge on any atom is -0.379 e. The highest BCUT2D eigenvalue weighted by Gasteiger charge is 2.21. The average Bonchev–Trinajstić information content (AvgIpc) is 2.34. The van der Waals surface area contributed by atoms with E-state index in [-0.39, 0.29) is 11.5 Å². The van der Waals surface area contributed by atoms with Crippen LogP contribution in [-0.4, -0.2) is 13.2 Å². The topological polar surface area (TPSA) is 47.3 Å². The van der Waals surface area contributed by atoms with Gasteiger partial charge in [-0.05, 0) is 23.0 Å². The number of nitrogens with one attached hydrogen (secondary N) is 1. The van der Waals surface area contributed by atoms with E-state index >= 15 is 0 Å². The normalized spacial score (nSPS) is 13.6. The van der Waals surface area contributed by atoms with Crippen molar-refractivity contribution in [3.05, 3.63) is 35.4 Å². The van der Waals surface area contributed by atoms with Gasteiger partial charge in [0.05, 0.1) is 12.6 Å². The Morgan fingerprint density at radius 3 is 2.50 bits per heavy atom. The smallest absolute Gasteiger partial charge is 0.0696 e. The van der Waals surface area contributed by atoms with Crippen molar-refractivity contribution < 1.29 is 4.74 Å². The maximum Gasteiger partial charge on any atom is 0.0696 e. The Morgan fingerprint density at radius 2 is 1.94 bits per heavy atom. The zero-order chi connectivity index (χ0) is 13.6. The third-order valence-corrected chi connectivity index (χ3v) is 2.98. The van der Waals surface area contributed by atoms with Gasteiger partial charge in [0.1, 0.15) is 0 Å². The van der Waals surface area contributed by atoms with Crippen LogP contribution in [0.5, 0.6) is 0 Å². The van der Waals surface area contributed by atoms with Gasteiger partial charge in [-0.15, -0.1) is 0 Å². The predicted molar refractivity (Wildman–Crippen MR) is 76.3 cm³/mol. The lowest BCUT2D eigenvalue weighted by Gasteiger charge is -2.27. The molecule has 1 unspecified atom stereocenters. The first-order chi connectivity index (χ1) is 8.50. The van der Waals surface area contributed by atoms with Crippen molar-refractivity contribution in [1.82, 2.24) is 5.43 Å². The number of hydrazine groups is 1. The van der Waals surface area contributed by atoms with Crippen LogP contribution < -0.4 is 11.3 Å². The standard InChI is InChI=1S/C15H26N2O/c1-5-10-18-11-14(17-16)12-8-6-7-9-13(12)15(2,3)4/h6-9,14,17H,5,10-11,16H2,1-4H3. The molecule has 0 fully saturated rings. The molecule has 0 amide bonds. The van der Waals surface area contributed by atoms with E-state index in [1.807, 2.05) is 0 Å². The fourth-order valence-corrected chi connectivity index (χ4v) is 2.06. The second kappa shape index (κ2) is 6.88. The van der Waals surface area contributed by atoms with Crippen molar-refractivity contribution in [2.24, 2.45) is 5.84 Å². The summed E-state index contributed by atoms with van der Waals surface area (Å²) in [6.45, 7) is 10.1. The van der Waals surface area contributed by atoms with Gasteiger partial charge in [-0.3, -0.25) is 11.3 Å². The lowest BCUT2D eigenvalue weighted by Crippen LogP contribution is -2.33. The van der Waals surface area contributed by atoms with Crippen molar-refractivity contribution >= 4 is 0 Å². The van der Waals surface area contributed by atoms with Gasteiger partial charge >= 0.3 is 0 Å². The first-order valence-corrected chi connectivity index (χ1v) is 6.64.